The predicted molar refractivity (Wildman–Crippen MR) is 76.6 cm³/mol. The van der Waals surface area contributed by atoms with Gasteiger partial charge in [-0.15, -0.1) is 0 Å². The van der Waals surface area contributed by atoms with Crippen LogP contribution in [0.3, 0.4) is 0 Å². The molecule has 0 aliphatic rings. The number of aryl methyl sites for hydroxylation is 1. The van der Waals surface area contributed by atoms with E-state index in [9.17, 15) is 0 Å². The predicted octanol–water partition coefficient (Wildman–Crippen LogP) is 3.93. The van der Waals surface area contributed by atoms with Crippen LogP contribution in [0.15, 0.2) is 65.9 Å². The van der Waals surface area contributed by atoms with E-state index in [0.29, 0.717) is 0 Å². The average molecular weight is 234 g/mol. The highest BCUT2D eigenvalue weighted by molar-refractivity contribution is 5.87. The van der Waals surface area contributed by atoms with Crippen LogP contribution in [0.2, 0.25) is 0 Å². The van der Waals surface area contributed by atoms with Crippen molar-refractivity contribution in [2.24, 2.45) is 12.0 Å². The molecule has 0 aliphatic heterocycles. The minimum atomic E-state index is 0.984. The molecule has 0 radical (unpaired) electrons. The molecule has 0 spiro atoms. The molecule has 2 heteroatoms. The lowest BCUT2D eigenvalue weighted by atomic mass is 10.1. The Morgan fingerprint density at radius 2 is 1.83 bits per heavy atom. The molecule has 0 saturated carbocycles. The Bertz CT molecular complexity index is 708. The summed E-state index contributed by atoms with van der Waals surface area (Å²) in [5.74, 6) is 0. The van der Waals surface area contributed by atoms with Gasteiger partial charge in [-0.3, -0.25) is 4.99 Å². The van der Waals surface area contributed by atoms with Gasteiger partial charge in [-0.1, -0.05) is 30.3 Å². The van der Waals surface area contributed by atoms with Crippen molar-refractivity contribution in [3.63, 3.8) is 0 Å². The van der Waals surface area contributed by atoms with Crippen LogP contribution in [0.4, 0.5) is 5.69 Å². The van der Waals surface area contributed by atoms with Crippen molar-refractivity contribution >= 4 is 22.7 Å². The first-order valence-electron chi connectivity index (χ1n) is 5.96. The summed E-state index contributed by atoms with van der Waals surface area (Å²) in [5, 5.41) is 2.47. The number of rotatable bonds is 2. The highest BCUT2D eigenvalue weighted by Gasteiger charge is 1.94. The third-order valence-electron chi connectivity index (χ3n) is 2.95. The quantitative estimate of drug-likeness (QED) is 0.598. The lowest BCUT2D eigenvalue weighted by Gasteiger charge is -1.98. The molecule has 0 saturated heterocycles. The Morgan fingerprint density at radius 1 is 1.00 bits per heavy atom. The molecule has 0 N–H and O–H groups in total. The molecule has 0 aliphatic carbocycles. The summed E-state index contributed by atoms with van der Waals surface area (Å²) < 4.78 is 2.02. The maximum absolute atomic E-state index is 4.50. The second kappa shape index (κ2) is 4.49. The Morgan fingerprint density at radius 3 is 2.61 bits per heavy atom. The summed E-state index contributed by atoms with van der Waals surface area (Å²) in [4.78, 5) is 4.50. The molecule has 0 bridgehead atoms. The first kappa shape index (κ1) is 10.8. The molecule has 0 fully saturated rings. The van der Waals surface area contributed by atoms with Gasteiger partial charge in [0.05, 0.1) is 5.69 Å². The zero-order valence-electron chi connectivity index (χ0n) is 10.2. The summed E-state index contributed by atoms with van der Waals surface area (Å²) in [6.07, 6.45) is 5.95. The highest BCUT2D eigenvalue weighted by atomic mass is 14.9. The molecule has 3 aromatic rings. The molecule has 1 aromatic heterocycles. The summed E-state index contributed by atoms with van der Waals surface area (Å²) in [7, 11) is 2.01. The van der Waals surface area contributed by atoms with Crippen molar-refractivity contribution < 1.29 is 0 Å². The van der Waals surface area contributed by atoms with Gasteiger partial charge in [-0.05, 0) is 29.0 Å². The van der Waals surface area contributed by atoms with E-state index in [2.05, 4.69) is 35.3 Å². The molecule has 2 aromatic carbocycles. The van der Waals surface area contributed by atoms with E-state index >= 15 is 0 Å². The van der Waals surface area contributed by atoms with E-state index in [4.69, 9.17) is 0 Å². The number of aliphatic imine (C=N–C) groups is 1. The van der Waals surface area contributed by atoms with Gasteiger partial charge in [0.15, 0.2) is 0 Å². The Balaban J connectivity index is 1.93. The Kier molecular flexibility index (Phi) is 2.69. The van der Waals surface area contributed by atoms with Crippen molar-refractivity contribution in [2.75, 3.05) is 0 Å². The van der Waals surface area contributed by atoms with E-state index in [0.717, 1.165) is 11.3 Å². The van der Waals surface area contributed by atoms with Crippen LogP contribution < -0.4 is 0 Å². The molecule has 0 atom stereocenters. The van der Waals surface area contributed by atoms with Crippen molar-refractivity contribution in [1.82, 2.24) is 4.57 Å². The lowest BCUT2D eigenvalue weighted by molar-refractivity contribution is 0.927. The van der Waals surface area contributed by atoms with Crippen LogP contribution in [0, 0.1) is 0 Å². The highest BCUT2D eigenvalue weighted by Crippen LogP contribution is 2.20. The van der Waals surface area contributed by atoms with Gasteiger partial charge >= 0.3 is 0 Å². The zero-order chi connectivity index (χ0) is 12.4. The van der Waals surface area contributed by atoms with Gasteiger partial charge in [0, 0.05) is 31.2 Å². The summed E-state index contributed by atoms with van der Waals surface area (Å²) >= 11 is 0. The second-order valence-electron chi connectivity index (χ2n) is 4.40. The van der Waals surface area contributed by atoms with Gasteiger partial charge in [0.25, 0.3) is 0 Å². The van der Waals surface area contributed by atoms with Crippen LogP contribution in [0.5, 0.6) is 0 Å². The maximum atomic E-state index is 4.50. The van der Waals surface area contributed by atoms with E-state index in [1.807, 2.05) is 48.4 Å². The zero-order valence-corrected chi connectivity index (χ0v) is 10.2. The third kappa shape index (κ3) is 2.18. The fourth-order valence-corrected chi connectivity index (χ4v) is 2.01. The van der Waals surface area contributed by atoms with Gasteiger partial charge in [0.2, 0.25) is 0 Å². The number of fused-ring (bicyclic) bond motifs is 1. The number of aromatic nitrogens is 1. The average Bonchev–Trinajstić information content (AvgIpc) is 2.82. The molecule has 18 heavy (non-hydrogen) atoms. The number of benzene rings is 2. The number of nitrogens with zero attached hydrogens (tertiary/aromatic N) is 2. The van der Waals surface area contributed by atoms with E-state index in [-0.39, 0.29) is 0 Å². The maximum Gasteiger partial charge on any atom is 0.0636 e. The van der Waals surface area contributed by atoms with Gasteiger partial charge in [0.1, 0.15) is 0 Å². The third-order valence-corrected chi connectivity index (χ3v) is 2.95. The van der Waals surface area contributed by atoms with Crippen molar-refractivity contribution in [3.05, 3.63) is 66.5 Å². The first-order chi connectivity index (χ1) is 8.81. The smallest absolute Gasteiger partial charge is 0.0636 e. The van der Waals surface area contributed by atoms with Crippen LogP contribution in [-0.2, 0) is 7.05 Å². The molecule has 1 heterocycles. The fraction of sp³-hybridized carbons (Fsp3) is 0.0625. The van der Waals surface area contributed by atoms with Gasteiger partial charge in [-0.25, -0.2) is 0 Å². The molecule has 3 rings (SSSR count). The van der Waals surface area contributed by atoms with Crippen molar-refractivity contribution in [1.29, 1.82) is 0 Å². The van der Waals surface area contributed by atoms with Crippen LogP contribution >= 0.6 is 0 Å². The normalized spacial score (nSPS) is 11.4. The van der Waals surface area contributed by atoms with Crippen LogP contribution in [-0.4, -0.2) is 10.8 Å². The van der Waals surface area contributed by atoms with Gasteiger partial charge < -0.3 is 4.57 Å². The largest absolute Gasteiger partial charge is 0.357 e. The summed E-state index contributed by atoms with van der Waals surface area (Å²) in [6, 6.07) is 16.6. The van der Waals surface area contributed by atoms with E-state index < -0.39 is 0 Å². The molecule has 2 nitrogen and oxygen atoms in total. The fourth-order valence-electron chi connectivity index (χ4n) is 2.01. The van der Waals surface area contributed by atoms with E-state index in [1.165, 1.54) is 10.8 Å². The topological polar surface area (TPSA) is 17.3 Å². The van der Waals surface area contributed by atoms with Crippen LogP contribution in [0.1, 0.15) is 5.56 Å². The standard InChI is InChI=1S/C16H14N2/c1-18-9-8-13(12-18)11-17-16-7-6-14-4-2-3-5-15(14)10-16/h2-12H,1H3. The SMILES string of the molecule is Cn1ccc(C=Nc2ccc3ccccc3c2)c1. The van der Waals surface area contributed by atoms with Crippen molar-refractivity contribution in [3.8, 4) is 0 Å². The van der Waals surface area contributed by atoms with E-state index in [1.54, 1.807) is 0 Å². The number of hydrogen-bond donors (Lipinski definition) is 0. The molecule has 0 unspecified atom stereocenters. The number of hydrogen-bond acceptors (Lipinski definition) is 1. The first-order valence-corrected chi connectivity index (χ1v) is 5.96. The Labute approximate surface area is 106 Å². The lowest BCUT2D eigenvalue weighted by Crippen LogP contribution is -1.80. The summed E-state index contributed by atoms with van der Waals surface area (Å²) in [5.41, 5.74) is 2.10. The van der Waals surface area contributed by atoms with Crippen molar-refractivity contribution in [2.45, 2.75) is 0 Å². The monoisotopic (exact) mass is 234 g/mol. The van der Waals surface area contributed by atoms with Crippen LogP contribution in [0.25, 0.3) is 10.8 Å². The molecule has 0 amide bonds. The molecular weight excluding hydrogens is 220 g/mol. The minimum absolute atomic E-state index is 0.984. The summed E-state index contributed by atoms with van der Waals surface area (Å²) in [6.45, 7) is 0. The molecular formula is C16H14N2. The van der Waals surface area contributed by atoms with Gasteiger partial charge in [-0.2, -0.15) is 0 Å². The Hall–Kier alpha value is -2.35. The minimum Gasteiger partial charge on any atom is -0.357 e. The molecule has 88 valence electrons. The second-order valence-corrected chi connectivity index (χ2v) is 4.40.